The van der Waals surface area contributed by atoms with E-state index in [0.29, 0.717) is 6.42 Å². The van der Waals surface area contributed by atoms with Gasteiger partial charge in [0.2, 0.25) is 0 Å². The number of aryl methyl sites for hydroxylation is 2. The van der Waals surface area contributed by atoms with Gasteiger partial charge < -0.3 is 9.84 Å². The van der Waals surface area contributed by atoms with Gasteiger partial charge >= 0.3 is 5.97 Å². The van der Waals surface area contributed by atoms with Crippen LogP contribution in [0.15, 0.2) is 24.3 Å². The molecular formula is C14H20O3. The average molecular weight is 236 g/mol. The Hall–Kier alpha value is -1.35. The van der Waals surface area contributed by atoms with E-state index in [0.717, 1.165) is 18.4 Å². The molecule has 0 spiro atoms. The van der Waals surface area contributed by atoms with E-state index in [1.807, 2.05) is 12.1 Å². The summed E-state index contributed by atoms with van der Waals surface area (Å²) in [6, 6.07) is 8.16. The minimum atomic E-state index is -0.747. The van der Waals surface area contributed by atoms with E-state index >= 15 is 0 Å². The summed E-state index contributed by atoms with van der Waals surface area (Å²) in [7, 11) is 1.72. The van der Waals surface area contributed by atoms with E-state index in [1.165, 1.54) is 5.56 Å². The van der Waals surface area contributed by atoms with Crippen molar-refractivity contribution in [1.29, 1.82) is 0 Å². The molecule has 1 aromatic rings. The van der Waals surface area contributed by atoms with Crippen molar-refractivity contribution in [2.24, 2.45) is 0 Å². The molecule has 1 aromatic carbocycles. The number of carbonyl (C=O) groups is 1. The lowest BCUT2D eigenvalue weighted by Gasteiger charge is -2.09. The van der Waals surface area contributed by atoms with Crippen molar-refractivity contribution >= 4 is 5.97 Å². The summed E-state index contributed by atoms with van der Waals surface area (Å²) in [5.41, 5.74) is 2.35. The van der Waals surface area contributed by atoms with E-state index in [4.69, 9.17) is 9.84 Å². The summed E-state index contributed by atoms with van der Waals surface area (Å²) in [6.45, 7) is 2.06. The van der Waals surface area contributed by atoms with Crippen LogP contribution < -0.4 is 0 Å². The van der Waals surface area contributed by atoms with Crippen LogP contribution in [0.5, 0.6) is 0 Å². The lowest BCUT2D eigenvalue weighted by atomic mass is 10.0. The highest BCUT2D eigenvalue weighted by Gasteiger charge is 2.02. The summed E-state index contributed by atoms with van der Waals surface area (Å²) < 4.78 is 5.20. The zero-order chi connectivity index (χ0) is 12.7. The molecule has 0 heterocycles. The summed E-state index contributed by atoms with van der Waals surface area (Å²) >= 11 is 0. The Balaban J connectivity index is 2.41. The van der Waals surface area contributed by atoms with E-state index < -0.39 is 5.97 Å². The van der Waals surface area contributed by atoms with Gasteiger partial charge in [-0.25, -0.2) is 0 Å². The van der Waals surface area contributed by atoms with Gasteiger partial charge in [0.25, 0.3) is 0 Å². The quantitative estimate of drug-likeness (QED) is 0.791. The van der Waals surface area contributed by atoms with Crippen LogP contribution in [0.4, 0.5) is 0 Å². The normalized spacial score (nSPS) is 12.4. The maximum atomic E-state index is 10.4. The highest BCUT2D eigenvalue weighted by atomic mass is 16.5. The second-order valence-electron chi connectivity index (χ2n) is 4.30. The van der Waals surface area contributed by atoms with Gasteiger partial charge in [0.05, 0.1) is 6.10 Å². The van der Waals surface area contributed by atoms with Crippen LogP contribution >= 0.6 is 0 Å². The van der Waals surface area contributed by atoms with Gasteiger partial charge in [0.1, 0.15) is 0 Å². The fraction of sp³-hybridized carbons (Fsp3) is 0.500. The molecule has 94 valence electrons. The SMILES string of the molecule is COC(C)CCc1ccc(CCC(=O)O)cc1. The van der Waals surface area contributed by atoms with E-state index in [-0.39, 0.29) is 12.5 Å². The standard InChI is InChI=1S/C14H20O3/c1-11(17-2)3-4-12-5-7-13(8-6-12)9-10-14(15)16/h5-8,11H,3-4,9-10H2,1-2H3,(H,15,16). The predicted octanol–water partition coefficient (Wildman–Crippen LogP) is 2.67. The first-order valence-corrected chi connectivity index (χ1v) is 5.94. The van der Waals surface area contributed by atoms with Crippen molar-refractivity contribution in [3.63, 3.8) is 0 Å². The lowest BCUT2D eigenvalue weighted by Crippen LogP contribution is -2.05. The lowest BCUT2D eigenvalue weighted by molar-refractivity contribution is -0.136. The fourth-order valence-corrected chi connectivity index (χ4v) is 1.61. The van der Waals surface area contributed by atoms with Crippen molar-refractivity contribution in [2.75, 3.05) is 7.11 Å². The molecule has 1 rings (SSSR count). The Labute approximate surface area is 102 Å². The zero-order valence-electron chi connectivity index (χ0n) is 10.5. The first kappa shape index (κ1) is 13.7. The van der Waals surface area contributed by atoms with Gasteiger partial charge in [-0.15, -0.1) is 0 Å². The molecule has 0 aromatic heterocycles. The second-order valence-corrected chi connectivity index (χ2v) is 4.30. The summed E-state index contributed by atoms with van der Waals surface area (Å²) in [5.74, 6) is -0.747. The maximum absolute atomic E-state index is 10.4. The number of carboxylic acid groups (broad SMARTS) is 1. The van der Waals surface area contributed by atoms with Crippen molar-refractivity contribution in [3.05, 3.63) is 35.4 Å². The third kappa shape index (κ3) is 5.50. The largest absolute Gasteiger partial charge is 0.481 e. The Bertz CT molecular complexity index is 343. The first-order valence-electron chi connectivity index (χ1n) is 5.94. The summed E-state index contributed by atoms with van der Waals surface area (Å²) in [5, 5.41) is 8.59. The highest BCUT2D eigenvalue weighted by Crippen LogP contribution is 2.10. The second kappa shape index (κ2) is 7.07. The molecule has 0 aliphatic heterocycles. The third-order valence-corrected chi connectivity index (χ3v) is 2.89. The van der Waals surface area contributed by atoms with Crippen LogP contribution in [-0.4, -0.2) is 24.3 Å². The van der Waals surface area contributed by atoms with Gasteiger partial charge in [-0.1, -0.05) is 24.3 Å². The van der Waals surface area contributed by atoms with Gasteiger partial charge in [-0.2, -0.15) is 0 Å². The molecule has 0 aliphatic rings. The molecule has 0 aliphatic carbocycles. The van der Waals surface area contributed by atoms with Gasteiger partial charge in [0, 0.05) is 13.5 Å². The van der Waals surface area contributed by atoms with Crippen LogP contribution in [0.3, 0.4) is 0 Å². The number of aliphatic carboxylic acids is 1. The topological polar surface area (TPSA) is 46.5 Å². The Morgan fingerprint density at radius 2 is 1.76 bits per heavy atom. The molecular weight excluding hydrogens is 216 g/mol. The van der Waals surface area contributed by atoms with Crippen LogP contribution in [0.2, 0.25) is 0 Å². The molecule has 1 unspecified atom stereocenters. The first-order chi connectivity index (χ1) is 8.11. The predicted molar refractivity (Wildman–Crippen MR) is 67.2 cm³/mol. The summed E-state index contributed by atoms with van der Waals surface area (Å²) in [6.07, 6.45) is 3.07. The highest BCUT2D eigenvalue weighted by molar-refractivity contribution is 5.67. The number of carboxylic acids is 1. The monoisotopic (exact) mass is 236 g/mol. The smallest absolute Gasteiger partial charge is 0.303 e. The molecule has 3 heteroatoms. The van der Waals surface area contributed by atoms with Crippen molar-refractivity contribution in [1.82, 2.24) is 0 Å². The minimum Gasteiger partial charge on any atom is -0.481 e. The van der Waals surface area contributed by atoms with Gasteiger partial charge in [-0.05, 0) is 37.3 Å². The van der Waals surface area contributed by atoms with Crippen molar-refractivity contribution in [2.45, 2.75) is 38.7 Å². The van der Waals surface area contributed by atoms with E-state index in [9.17, 15) is 4.79 Å². The number of hydrogen-bond acceptors (Lipinski definition) is 2. The molecule has 0 fully saturated rings. The van der Waals surface area contributed by atoms with E-state index in [1.54, 1.807) is 7.11 Å². The fourth-order valence-electron chi connectivity index (χ4n) is 1.61. The Kier molecular flexibility index (Phi) is 5.70. The molecule has 3 nitrogen and oxygen atoms in total. The summed E-state index contributed by atoms with van der Waals surface area (Å²) in [4.78, 5) is 10.4. The van der Waals surface area contributed by atoms with Crippen LogP contribution in [-0.2, 0) is 22.4 Å². The van der Waals surface area contributed by atoms with Crippen molar-refractivity contribution in [3.8, 4) is 0 Å². The number of hydrogen-bond donors (Lipinski definition) is 1. The minimum absolute atomic E-state index is 0.194. The molecule has 1 atom stereocenters. The van der Waals surface area contributed by atoms with Gasteiger partial charge in [-0.3, -0.25) is 4.79 Å². The molecule has 0 saturated heterocycles. The number of rotatable bonds is 7. The molecule has 0 radical (unpaired) electrons. The molecule has 0 amide bonds. The maximum Gasteiger partial charge on any atom is 0.303 e. The Morgan fingerprint density at radius 1 is 1.24 bits per heavy atom. The van der Waals surface area contributed by atoms with Gasteiger partial charge in [0.15, 0.2) is 0 Å². The molecule has 17 heavy (non-hydrogen) atoms. The number of ether oxygens (including phenoxy) is 1. The third-order valence-electron chi connectivity index (χ3n) is 2.89. The van der Waals surface area contributed by atoms with E-state index in [2.05, 4.69) is 19.1 Å². The zero-order valence-corrected chi connectivity index (χ0v) is 10.5. The van der Waals surface area contributed by atoms with Crippen LogP contribution in [0.1, 0.15) is 30.9 Å². The average Bonchev–Trinajstić information content (AvgIpc) is 2.34. The number of benzene rings is 1. The van der Waals surface area contributed by atoms with Crippen molar-refractivity contribution < 1.29 is 14.6 Å². The molecule has 0 saturated carbocycles. The Morgan fingerprint density at radius 3 is 2.24 bits per heavy atom. The van der Waals surface area contributed by atoms with Crippen LogP contribution in [0, 0.1) is 0 Å². The molecule has 0 bridgehead atoms. The molecule has 1 N–H and O–H groups in total. The number of methoxy groups -OCH3 is 1. The van der Waals surface area contributed by atoms with Crippen LogP contribution in [0.25, 0.3) is 0 Å².